The van der Waals surface area contributed by atoms with Gasteiger partial charge in [0.2, 0.25) is 0 Å². The summed E-state index contributed by atoms with van der Waals surface area (Å²) in [7, 11) is 0. The number of halogens is 2. The average molecular weight is 394 g/mol. The number of hydrogen-bond donors (Lipinski definition) is 1. The third-order valence-corrected chi connectivity index (χ3v) is 5.47. The van der Waals surface area contributed by atoms with E-state index in [4.69, 9.17) is 27.9 Å². The molecular weight excluding hydrogens is 373 g/mol. The maximum Gasteiger partial charge on any atom is 0.260 e. The number of amides is 1. The third kappa shape index (κ3) is 4.70. The normalized spacial score (nSPS) is 16.3. The Hall–Kier alpha value is -1.75. The molecule has 1 saturated heterocycles. The zero-order valence-corrected chi connectivity index (χ0v) is 15.8. The van der Waals surface area contributed by atoms with Gasteiger partial charge in [-0.3, -0.25) is 4.79 Å². The van der Waals surface area contributed by atoms with Crippen LogP contribution < -0.4 is 4.74 Å². The second kappa shape index (κ2) is 8.76. The Balaban J connectivity index is 1.48. The first-order valence-corrected chi connectivity index (χ1v) is 9.39. The van der Waals surface area contributed by atoms with Gasteiger partial charge in [-0.05, 0) is 36.5 Å². The lowest BCUT2D eigenvalue weighted by atomic mass is 9.87. The molecule has 1 atom stereocenters. The van der Waals surface area contributed by atoms with Crippen LogP contribution in [0.5, 0.6) is 5.75 Å². The quantitative estimate of drug-likeness (QED) is 0.821. The minimum atomic E-state index is -0.485. The first-order chi connectivity index (χ1) is 12.5. The number of aliphatic hydroxyl groups is 1. The minimum absolute atomic E-state index is 0.0378. The van der Waals surface area contributed by atoms with Gasteiger partial charge in [-0.25, -0.2) is 0 Å². The molecule has 0 bridgehead atoms. The Kier molecular flexibility index (Phi) is 6.41. The van der Waals surface area contributed by atoms with E-state index in [1.165, 1.54) is 0 Å². The Morgan fingerprint density at radius 2 is 1.81 bits per heavy atom. The summed E-state index contributed by atoms with van der Waals surface area (Å²) in [6, 6.07) is 14.6. The summed E-state index contributed by atoms with van der Waals surface area (Å²) in [6.45, 7) is 1.21. The van der Waals surface area contributed by atoms with Crippen LogP contribution in [0.4, 0.5) is 0 Å². The van der Waals surface area contributed by atoms with Crippen LogP contribution in [0.25, 0.3) is 0 Å². The van der Waals surface area contributed by atoms with E-state index in [2.05, 4.69) is 0 Å². The van der Waals surface area contributed by atoms with E-state index < -0.39 is 6.10 Å². The summed E-state index contributed by atoms with van der Waals surface area (Å²) in [5, 5.41) is 11.4. The number of carbonyl (C=O) groups is 1. The Labute approximate surface area is 163 Å². The molecule has 1 fully saturated rings. The number of piperidine rings is 1. The van der Waals surface area contributed by atoms with E-state index in [1.807, 2.05) is 30.3 Å². The highest BCUT2D eigenvalue weighted by Crippen LogP contribution is 2.31. The highest BCUT2D eigenvalue weighted by Gasteiger charge is 2.28. The van der Waals surface area contributed by atoms with E-state index in [-0.39, 0.29) is 18.4 Å². The van der Waals surface area contributed by atoms with Crippen molar-refractivity contribution in [1.29, 1.82) is 0 Å². The summed E-state index contributed by atoms with van der Waals surface area (Å²) < 4.78 is 5.52. The fraction of sp³-hybridized carbons (Fsp3) is 0.350. The van der Waals surface area contributed by atoms with Crippen LogP contribution in [0.2, 0.25) is 10.0 Å². The smallest absolute Gasteiger partial charge is 0.260 e. The van der Waals surface area contributed by atoms with Gasteiger partial charge in [0.1, 0.15) is 5.75 Å². The first kappa shape index (κ1) is 19.0. The largest absolute Gasteiger partial charge is 0.484 e. The number of ether oxygens (including phenoxy) is 1. The first-order valence-electron chi connectivity index (χ1n) is 8.63. The van der Waals surface area contributed by atoms with Crippen molar-refractivity contribution in [3.05, 3.63) is 64.1 Å². The minimum Gasteiger partial charge on any atom is -0.484 e. The SMILES string of the molecule is O=C(COc1ccc(Cl)c(Cl)c1)N1CCC(C(O)c2ccccc2)CC1. The number of rotatable bonds is 5. The average Bonchev–Trinajstić information content (AvgIpc) is 2.69. The van der Waals surface area contributed by atoms with E-state index in [9.17, 15) is 9.90 Å². The van der Waals surface area contributed by atoms with Crippen molar-refractivity contribution in [3.63, 3.8) is 0 Å². The highest BCUT2D eigenvalue weighted by molar-refractivity contribution is 6.42. The number of nitrogens with zero attached hydrogens (tertiary/aromatic N) is 1. The Morgan fingerprint density at radius 1 is 1.12 bits per heavy atom. The monoisotopic (exact) mass is 393 g/mol. The molecule has 1 aliphatic rings. The van der Waals surface area contributed by atoms with E-state index >= 15 is 0 Å². The van der Waals surface area contributed by atoms with Crippen molar-refractivity contribution in [1.82, 2.24) is 4.90 Å². The lowest BCUT2D eigenvalue weighted by Gasteiger charge is -2.34. The van der Waals surface area contributed by atoms with Gasteiger partial charge < -0.3 is 14.7 Å². The van der Waals surface area contributed by atoms with E-state index in [1.54, 1.807) is 23.1 Å². The zero-order valence-electron chi connectivity index (χ0n) is 14.3. The molecule has 2 aromatic rings. The third-order valence-electron chi connectivity index (χ3n) is 4.73. The second-order valence-electron chi connectivity index (χ2n) is 6.44. The van der Waals surface area contributed by atoms with Crippen LogP contribution in [0, 0.1) is 5.92 Å². The molecule has 1 N–H and O–H groups in total. The summed E-state index contributed by atoms with van der Waals surface area (Å²) in [4.78, 5) is 14.1. The van der Waals surface area contributed by atoms with Gasteiger partial charge in [0.25, 0.3) is 5.91 Å². The molecule has 3 rings (SSSR count). The molecule has 0 spiro atoms. The highest BCUT2D eigenvalue weighted by atomic mass is 35.5. The molecule has 0 aromatic heterocycles. The molecule has 6 heteroatoms. The topological polar surface area (TPSA) is 49.8 Å². The van der Waals surface area contributed by atoms with Crippen LogP contribution in [0.15, 0.2) is 48.5 Å². The van der Waals surface area contributed by atoms with Crippen molar-refractivity contribution in [2.24, 2.45) is 5.92 Å². The molecule has 0 aliphatic carbocycles. The summed E-state index contributed by atoms with van der Waals surface area (Å²) in [5.74, 6) is 0.614. The Bertz CT molecular complexity index is 746. The van der Waals surface area contributed by atoms with Gasteiger partial charge in [0.05, 0.1) is 16.1 Å². The summed E-state index contributed by atoms with van der Waals surface area (Å²) in [5.41, 5.74) is 0.931. The molecule has 1 unspecified atom stereocenters. The van der Waals surface area contributed by atoms with Crippen LogP contribution in [0.1, 0.15) is 24.5 Å². The van der Waals surface area contributed by atoms with Gasteiger partial charge in [0, 0.05) is 19.2 Å². The molecule has 4 nitrogen and oxygen atoms in total. The van der Waals surface area contributed by atoms with Crippen molar-refractivity contribution >= 4 is 29.1 Å². The van der Waals surface area contributed by atoms with Gasteiger partial charge in [0.15, 0.2) is 6.61 Å². The summed E-state index contributed by atoms with van der Waals surface area (Å²) in [6.07, 6.45) is 1.06. The van der Waals surface area contributed by atoms with Crippen molar-refractivity contribution in [3.8, 4) is 5.75 Å². The standard InChI is InChI=1S/C20H21Cl2NO3/c21-17-7-6-16(12-18(17)22)26-13-19(24)23-10-8-15(9-11-23)20(25)14-4-2-1-3-5-14/h1-7,12,15,20,25H,8-11,13H2. The van der Waals surface area contributed by atoms with Crippen molar-refractivity contribution in [2.75, 3.05) is 19.7 Å². The van der Waals surface area contributed by atoms with Crippen LogP contribution in [-0.2, 0) is 4.79 Å². The second-order valence-corrected chi connectivity index (χ2v) is 7.25. The molecule has 1 amide bonds. The summed E-state index contributed by atoms with van der Waals surface area (Å²) >= 11 is 11.8. The molecule has 26 heavy (non-hydrogen) atoms. The molecule has 138 valence electrons. The van der Waals surface area contributed by atoms with Gasteiger partial charge in [-0.1, -0.05) is 53.5 Å². The van der Waals surface area contributed by atoms with Gasteiger partial charge >= 0.3 is 0 Å². The molecule has 2 aromatic carbocycles. The predicted molar refractivity (Wildman–Crippen MR) is 103 cm³/mol. The van der Waals surface area contributed by atoms with Crippen LogP contribution in [0.3, 0.4) is 0 Å². The maximum absolute atomic E-state index is 12.3. The fourth-order valence-corrected chi connectivity index (χ4v) is 3.48. The molecule has 1 aliphatic heterocycles. The van der Waals surface area contributed by atoms with Crippen LogP contribution in [-0.4, -0.2) is 35.6 Å². The number of hydrogen-bond acceptors (Lipinski definition) is 3. The maximum atomic E-state index is 12.3. The van der Waals surface area contributed by atoms with Crippen LogP contribution >= 0.6 is 23.2 Å². The zero-order chi connectivity index (χ0) is 18.5. The predicted octanol–water partition coefficient (Wildman–Crippen LogP) is 4.34. The number of aliphatic hydroxyl groups excluding tert-OH is 1. The van der Waals surface area contributed by atoms with Gasteiger partial charge in [-0.15, -0.1) is 0 Å². The lowest BCUT2D eigenvalue weighted by Crippen LogP contribution is -2.42. The molecular formula is C20H21Cl2NO3. The number of carbonyl (C=O) groups excluding carboxylic acids is 1. The number of likely N-dealkylation sites (tertiary alicyclic amines) is 1. The molecule has 0 saturated carbocycles. The number of benzene rings is 2. The van der Waals surface area contributed by atoms with Gasteiger partial charge in [-0.2, -0.15) is 0 Å². The van der Waals surface area contributed by atoms with E-state index in [0.29, 0.717) is 28.9 Å². The lowest BCUT2D eigenvalue weighted by molar-refractivity contribution is -0.135. The fourth-order valence-electron chi connectivity index (χ4n) is 3.19. The van der Waals surface area contributed by atoms with E-state index in [0.717, 1.165) is 18.4 Å². The van der Waals surface area contributed by atoms with Crippen molar-refractivity contribution < 1.29 is 14.6 Å². The molecule has 1 heterocycles. The van der Waals surface area contributed by atoms with Crippen molar-refractivity contribution in [2.45, 2.75) is 18.9 Å². The molecule has 0 radical (unpaired) electrons. The Morgan fingerprint density at radius 3 is 2.46 bits per heavy atom.